The molecule has 144 valence electrons. The van der Waals surface area contributed by atoms with Gasteiger partial charge in [-0.1, -0.05) is 46.3 Å². The molecule has 1 saturated carbocycles. The van der Waals surface area contributed by atoms with Gasteiger partial charge in [-0.05, 0) is 51.0 Å². The lowest BCUT2D eigenvalue weighted by atomic mass is 10.2. The molecule has 0 aromatic heterocycles. The van der Waals surface area contributed by atoms with Gasteiger partial charge in [0.15, 0.2) is 0 Å². The first-order valence-electron chi connectivity index (χ1n) is 9.71. The maximum absolute atomic E-state index is 12.7. The second-order valence-corrected chi connectivity index (χ2v) is 9.36. The van der Waals surface area contributed by atoms with Gasteiger partial charge in [0, 0.05) is 37.6 Å². The highest BCUT2D eigenvalue weighted by molar-refractivity contribution is 9.09. The number of benzene rings is 1. The summed E-state index contributed by atoms with van der Waals surface area (Å²) in [6.45, 7) is 9.81. The Morgan fingerprint density at radius 2 is 1.85 bits per heavy atom. The lowest BCUT2D eigenvalue weighted by Crippen LogP contribution is -2.42. The number of alkyl halides is 1. The Morgan fingerprint density at radius 1 is 1.19 bits per heavy atom. The van der Waals surface area contributed by atoms with E-state index in [1.54, 1.807) is 0 Å². The number of likely N-dealkylation sites (tertiary alicyclic amines) is 1. The van der Waals surface area contributed by atoms with Gasteiger partial charge in [0.2, 0.25) is 0 Å². The summed E-state index contributed by atoms with van der Waals surface area (Å²) in [5.41, 5.74) is 0.931. The molecule has 26 heavy (non-hydrogen) atoms. The van der Waals surface area contributed by atoms with Crippen LogP contribution < -0.4 is 0 Å². The molecule has 0 bridgehead atoms. The molecule has 4 nitrogen and oxygen atoms in total. The first-order chi connectivity index (χ1) is 12.4. The van der Waals surface area contributed by atoms with E-state index in [1.807, 2.05) is 25.7 Å². The summed E-state index contributed by atoms with van der Waals surface area (Å²) in [6, 6.07) is 11.0. The largest absolute Gasteiger partial charge is 0.444 e. The highest BCUT2D eigenvalue weighted by Crippen LogP contribution is 2.49. The standard InChI is InChI=1S/C21H31BrN2O2/c1-21(2,3)26-20(25)24(12-8-7-11-22)19-17-14-23(15-18(17)19)13-16-9-5-4-6-10-16/h4-6,9-10,17-19H,7-8,11-15H2,1-3H3. The number of fused-ring (bicyclic) bond motifs is 1. The molecule has 1 aromatic carbocycles. The van der Waals surface area contributed by atoms with Crippen LogP contribution in [0.1, 0.15) is 39.2 Å². The van der Waals surface area contributed by atoms with Gasteiger partial charge in [0.25, 0.3) is 0 Å². The number of hydrogen-bond donors (Lipinski definition) is 0. The third kappa shape index (κ3) is 5.01. The fraction of sp³-hybridized carbons (Fsp3) is 0.667. The van der Waals surface area contributed by atoms with Crippen LogP contribution in [0.2, 0.25) is 0 Å². The molecule has 0 spiro atoms. The molecule has 1 aliphatic carbocycles. The van der Waals surface area contributed by atoms with E-state index < -0.39 is 5.60 Å². The van der Waals surface area contributed by atoms with Crippen molar-refractivity contribution in [2.45, 2.75) is 51.8 Å². The minimum absolute atomic E-state index is 0.138. The molecule has 2 atom stereocenters. The highest BCUT2D eigenvalue weighted by Gasteiger charge is 2.59. The maximum atomic E-state index is 12.7. The number of ether oxygens (including phenoxy) is 1. The highest BCUT2D eigenvalue weighted by atomic mass is 79.9. The van der Waals surface area contributed by atoms with Gasteiger partial charge in [-0.15, -0.1) is 0 Å². The average Bonchev–Trinajstić information content (AvgIpc) is 3.05. The summed E-state index contributed by atoms with van der Waals surface area (Å²) < 4.78 is 5.68. The zero-order valence-corrected chi connectivity index (χ0v) is 17.7. The number of rotatable bonds is 7. The Bertz CT molecular complexity index is 590. The lowest BCUT2D eigenvalue weighted by molar-refractivity contribution is 0.0196. The molecule has 1 saturated heterocycles. The number of hydrogen-bond acceptors (Lipinski definition) is 3. The predicted molar refractivity (Wildman–Crippen MR) is 108 cm³/mol. The minimum Gasteiger partial charge on any atom is -0.444 e. The molecule has 1 aromatic rings. The summed E-state index contributed by atoms with van der Waals surface area (Å²) >= 11 is 3.48. The number of nitrogens with zero attached hydrogens (tertiary/aromatic N) is 2. The third-order valence-corrected chi connectivity index (χ3v) is 5.80. The fourth-order valence-corrected chi connectivity index (χ4v) is 4.47. The summed E-state index contributed by atoms with van der Waals surface area (Å²) in [6.07, 6.45) is 1.97. The van der Waals surface area contributed by atoms with E-state index in [0.717, 1.165) is 44.4 Å². The van der Waals surface area contributed by atoms with Crippen molar-refractivity contribution in [2.24, 2.45) is 11.8 Å². The number of piperidine rings is 1. The molecular weight excluding hydrogens is 392 g/mol. The third-order valence-electron chi connectivity index (χ3n) is 5.24. The van der Waals surface area contributed by atoms with Crippen molar-refractivity contribution >= 4 is 22.0 Å². The normalized spacial score (nSPS) is 25.0. The van der Waals surface area contributed by atoms with Crippen LogP contribution in [0.5, 0.6) is 0 Å². The van der Waals surface area contributed by atoms with Gasteiger partial charge in [0.05, 0.1) is 0 Å². The minimum atomic E-state index is -0.436. The van der Waals surface area contributed by atoms with Crippen LogP contribution in [0.25, 0.3) is 0 Å². The monoisotopic (exact) mass is 422 g/mol. The Morgan fingerprint density at radius 3 is 2.42 bits per heavy atom. The maximum Gasteiger partial charge on any atom is 0.410 e. The van der Waals surface area contributed by atoms with Crippen molar-refractivity contribution in [3.8, 4) is 0 Å². The second kappa shape index (κ2) is 8.30. The molecule has 5 heteroatoms. The number of halogens is 1. The van der Waals surface area contributed by atoms with E-state index in [-0.39, 0.29) is 6.09 Å². The van der Waals surface area contributed by atoms with Gasteiger partial charge < -0.3 is 9.64 Å². The van der Waals surface area contributed by atoms with Crippen LogP contribution in [0, 0.1) is 11.8 Å². The van der Waals surface area contributed by atoms with Crippen LogP contribution in [0.15, 0.2) is 30.3 Å². The van der Waals surface area contributed by atoms with Crippen molar-refractivity contribution in [3.05, 3.63) is 35.9 Å². The number of unbranched alkanes of at least 4 members (excludes halogenated alkanes) is 1. The van der Waals surface area contributed by atoms with Crippen molar-refractivity contribution in [1.82, 2.24) is 9.80 Å². The Hall–Kier alpha value is -1.07. The topological polar surface area (TPSA) is 32.8 Å². The molecule has 3 rings (SSSR count). The molecule has 1 aliphatic heterocycles. The van der Waals surface area contributed by atoms with Crippen LogP contribution in [-0.4, -0.2) is 52.5 Å². The first-order valence-corrected chi connectivity index (χ1v) is 10.8. The van der Waals surface area contributed by atoms with E-state index in [0.29, 0.717) is 17.9 Å². The quantitative estimate of drug-likeness (QED) is 0.477. The average molecular weight is 423 g/mol. The van der Waals surface area contributed by atoms with Crippen LogP contribution in [0.3, 0.4) is 0 Å². The Kier molecular flexibility index (Phi) is 6.29. The molecular formula is C21H31BrN2O2. The number of carbonyl (C=O) groups excluding carboxylic acids is 1. The summed E-state index contributed by atoms with van der Waals surface area (Å²) in [5.74, 6) is 1.21. The van der Waals surface area contributed by atoms with Crippen LogP contribution >= 0.6 is 15.9 Å². The SMILES string of the molecule is CC(C)(C)OC(=O)N(CCCCBr)C1C2CN(Cc3ccccc3)CC21. The Labute approximate surface area is 166 Å². The molecule has 2 aliphatic rings. The number of carbonyl (C=O) groups is 1. The molecule has 0 N–H and O–H groups in total. The smallest absolute Gasteiger partial charge is 0.410 e. The van der Waals surface area contributed by atoms with Crippen molar-refractivity contribution in [1.29, 1.82) is 0 Å². The van der Waals surface area contributed by atoms with Crippen LogP contribution in [-0.2, 0) is 11.3 Å². The first kappa shape index (κ1) is 19.7. The summed E-state index contributed by atoms with van der Waals surface area (Å²) in [4.78, 5) is 17.3. The van der Waals surface area contributed by atoms with Gasteiger partial charge in [0.1, 0.15) is 5.60 Å². The van der Waals surface area contributed by atoms with Gasteiger partial charge in [-0.2, -0.15) is 0 Å². The van der Waals surface area contributed by atoms with E-state index in [9.17, 15) is 4.79 Å². The zero-order valence-electron chi connectivity index (χ0n) is 16.2. The van der Waals surface area contributed by atoms with E-state index in [4.69, 9.17) is 4.74 Å². The molecule has 1 heterocycles. The molecule has 2 unspecified atom stereocenters. The Balaban J connectivity index is 1.55. The van der Waals surface area contributed by atoms with Gasteiger partial charge >= 0.3 is 6.09 Å². The van der Waals surface area contributed by atoms with E-state index in [2.05, 4.69) is 51.2 Å². The van der Waals surface area contributed by atoms with Crippen molar-refractivity contribution < 1.29 is 9.53 Å². The van der Waals surface area contributed by atoms with E-state index in [1.165, 1.54) is 5.56 Å². The molecule has 1 amide bonds. The van der Waals surface area contributed by atoms with Crippen molar-refractivity contribution in [2.75, 3.05) is 25.0 Å². The van der Waals surface area contributed by atoms with Gasteiger partial charge in [-0.25, -0.2) is 4.79 Å². The van der Waals surface area contributed by atoms with Crippen molar-refractivity contribution in [3.63, 3.8) is 0 Å². The molecule has 0 radical (unpaired) electrons. The van der Waals surface area contributed by atoms with E-state index >= 15 is 0 Å². The fourth-order valence-electron chi connectivity index (χ4n) is 4.07. The zero-order chi connectivity index (χ0) is 18.7. The predicted octanol–water partition coefficient (Wildman–Crippen LogP) is 4.53. The number of amides is 1. The summed E-state index contributed by atoms with van der Waals surface area (Å²) in [5, 5.41) is 0.984. The van der Waals surface area contributed by atoms with Crippen LogP contribution in [0.4, 0.5) is 4.79 Å². The lowest BCUT2D eigenvalue weighted by Gasteiger charge is -2.30. The summed E-state index contributed by atoms with van der Waals surface area (Å²) in [7, 11) is 0. The molecule has 2 fully saturated rings. The second-order valence-electron chi connectivity index (χ2n) is 8.57. The van der Waals surface area contributed by atoms with Gasteiger partial charge in [-0.3, -0.25) is 4.90 Å².